The Kier molecular flexibility index (Phi) is 98.8. The molecule has 0 unspecified atom stereocenters. The van der Waals surface area contributed by atoms with E-state index in [1.807, 2.05) is 76.3 Å². The second kappa shape index (κ2) is 93.9. The summed E-state index contributed by atoms with van der Waals surface area (Å²) in [5.41, 5.74) is 0. The molecule has 0 fully saturated rings. The number of hydrogen-bond donors (Lipinski definition) is 2. The maximum absolute atomic E-state index is 4.80. The molecular formula is C88H138I5N2O2Si5-5. The van der Waals surface area contributed by atoms with E-state index in [1.54, 1.807) is 14.2 Å². The first-order valence-electron chi connectivity index (χ1n) is 37.4. The van der Waals surface area contributed by atoms with Gasteiger partial charge in [0.05, 0.1) is 0 Å². The number of benzene rings is 10. The van der Waals surface area contributed by atoms with Crippen LogP contribution >= 0.6 is 0 Å². The summed E-state index contributed by atoms with van der Waals surface area (Å²) in [6.07, 6.45) is 6.33. The van der Waals surface area contributed by atoms with Crippen molar-refractivity contribution in [3.8, 4) is 0 Å². The van der Waals surface area contributed by atoms with Crippen molar-refractivity contribution in [1.29, 1.82) is 0 Å². The molecule has 0 aliphatic heterocycles. The first kappa shape index (κ1) is 107. The van der Waals surface area contributed by atoms with Crippen molar-refractivity contribution in [1.82, 2.24) is 10.6 Å². The molecule has 0 aliphatic carbocycles. The Morgan fingerprint density at radius 2 is 0.431 bits per heavy atom. The monoisotopic (exact) mass is 2030 g/mol. The van der Waals surface area contributed by atoms with Crippen LogP contribution in [0.4, 0.5) is 0 Å². The molecule has 14 heteroatoms. The summed E-state index contributed by atoms with van der Waals surface area (Å²) >= 11 is 0.143. The van der Waals surface area contributed by atoms with Gasteiger partial charge in [-0.3, -0.25) is 0 Å². The van der Waals surface area contributed by atoms with E-state index in [-0.39, 0.29) is 106 Å². The standard InChI is InChI=1S/5C12H10I.C5H15NSi.C4H13NSi.C4H12OSi.C3H10Si.C2H8OSi.5C2H6/c5*1-3-7-11(8-4-1)13-12-9-5-2-6-10-12;1-2-6-4-3-5-7;2*1-5-3-2-4-6;1-2-3-4;1-3-2-4;5*1-2/h5*1-10H;6H,2-5H2,1,7H3;5H,2-4H2,1,6H3;2-4H2,1,6H3;2-3H2,1,4H3;2H2,1,4H3;5*1-2H3/q5*-1;;;;;;;;;;. The first-order chi connectivity index (χ1) is 50.3. The van der Waals surface area contributed by atoms with Crippen LogP contribution in [-0.2, 0) is 9.47 Å². The van der Waals surface area contributed by atoms with Crippen LogP contribution in [0.1, 0.15) is 109 Å². The molecule has 10 aromatic carbocycles. The zero-order valence-corrected chi connectivity index (χ0v) is 87.6. The van der Waals surface area contributed by atoms with E-state index in [4.69, 9.17) is 4.74 Å². The van der Waals surface area contributed by atoms with Crippen molar-refractivity contribution < 1.29 is 115 Å². The number of nitrogens with one attached hydrogen (secondary N) is 2. The molecule has 0 saturated heterocycles. The van der Waals surface area contributed by atoms with Gasteiger partial charge in [0.2, 0.25) is 0 Å². The Balaban J connectivity index is -0.000000344. The van der Waals surface area contributed by atoms with Gasteiger partial charge in [0.25, 0.3) is 0 Å². The van der Waals surface area contributed by atoms with Gasteiger partial charge in [0, 0.05) is 78.3 Å². The van der Waals surface area contributed by atoms with Gasteiger partial charge in [-0.2, -0.15) is 0 Å². The summed E-state index contributed by atoms with van der Waals surface area (Å²) < 4.78 is 24.2. The summed E-state index contributed by atoms with van der Waals surface area (Å²) in [5.74, 6) is 0. The molecule has 0 radical (unpaired) electrons. The Morgan fingerprint density at radius 1 is 0.265 bits per heavy atom. The normalized spacial score (nSPS) is 9.21. The molecule has 102 heavy (non-hydrogen) atoms. The Bertz CT molecular complexity index is 2370. The van der Waals surface area contributed by atoms with Gasteiger partial charge < -0.3 is 20.1 Å². The van der Waals surface area contributed by atoms with E-state index in [0.717, 1.165) is 19.4 Å². The van der Waals surface area contributed by atoms with Crippen LogP contribution in [0.2, 0.25) is 24.2 Å². The van der Waals surface area contributed by atoms with Gasteiger partial charge in [-0.1, -0.05) is 114 Å². The third-order valence-electron chi connectivity index (χ3n) is 11.7. The van der Waals surface area contributed by atoms with E-state index < -0.39 is 0 Å². The van der Waals surface area contributed by atoms with Gasteiger partial charge in [-0.15, -0.1) is 0 Å². The molecule has 0 heterocycles. The van der Waals surface area contributed by atoms with E-state index >= 15 is 0 Å². The van der Waals surface area contributed by atoms with Gasteiger partial charge >= 0.3 is 445 Å². The predicted molar refractivity (Wildman–Crippen MR) is 457 cm³/mol. The van der Waals surface area contributed by atoms with Crippen molar-refractivity contribution in [3.63, 3.8) is 0 Å². The Labute approximate surface area is 694 Å². The van der Waals surface area contributed by atoms with Crippen molar-refractivity contribution in [3.05, 3.63) is 339 Å². The summed E-state index contributed by atoms with van der Waals surface area (Å²) in [6, 6.07) is 113. The number of ether oxygens (including phenoxy) is 2. The zero-order valence-electron chi connectivity index (χ0n) is 66.8. The van der Waals surface area contributed by atoms with Crippen LogP contribution in [0.5, 0.6) is 0 Å². The van der Waals surface area contributed by atoms with Gasteiger partial charge in [-0.05, 0) is 45.9 Å². The fraction of sp³-hybridized carbons (Fsp3) is 0.318. The third kappa shape index (κ3) is 75.0. The van der Waals surface area contributed by atoms with Crippen molar-refractivity contribution in [2.45, 2.75) is 133 Å². The van der Waals surface area contributed by atoms with Crippen molar-refractivity contribution in [2.24, 2.45) is 0 Å². The molecule has 0 atom stereocenters. The molecule has 572 valence electrons. The molecule has 10 rings (SSSR count). The average molecular weight is 2030 g/mol. The van der Waals surface area contributed by atoms with E-state index in [0.29, 0.717) is 0 Å². The number of hydrogen-bond acceptors (Lipinski definition) is 4. The van der Waals surface area contributed by atoms with Crippen LogP contribution in [0.3, 0.4) is 0 Å². The second-order valence-corrected chi connectivity index (χ2v) is 39.2. The molecule has 0 aromatic heterocycles. The molecule has 0 spiro atoms. The molecule has 4 nitrogen and oxygen atoms in total. The number of halogens is 5. The second-order valence-electron chi connectivity index (χ2n) is 19.5. The van der Waals surface area contributed by atoms with Gasteiger partial charge in [-0.25, -0.2) is 0 Å². The molecule has 0 saturated carbocycles. The SMILES string of the molecule is CC.CC.CC.CC.CC.CCC[SiH3].CCNCCC[SiH3].CNCCC[SiH3].COCCC[SiH3].COC[SiH3].c1ccc([I-]c2ccccc2)cc1.c1ccc([I-]c2ccccc2)cc1.c1ccc([I-]c2ccccc2)cc1.c1ccc([I-]c2ccccc2)cc1.c1ccc([I-]c2ccccc2)cc1. The Morgan fingerprint density at radius 3 is 0.529 bits per heavy atom. The predicted octanol–water partition coefficient (Wildman–Crippen LogP) is 2.30. The summed E-state index contributed by atoms with van der Waals surface area (Å²) in [5, 5.41) is 6.36. The quantitative estimate of drug-likeness (QED) is 0.0623. The Hall–Kier alpha value is -3.23. The first-order valence-corrected chi connectivity index (χ1v) is 55.3. The van der Waals surface area contributed by atoms with Crippen LogP contribution in [0.15, 0.2) is 303 Å². The molecule has 0 aliphatic rings. The van der Waals surface area contributed by atoms with Crippen LogP contribution in [-0.4, -0.2) is 105 Å². The minimum absolute atomic E-state index is 0.0287. The fourth-order valence-electron chi connectivity index (χ4n) is 6.53. The summed E-state index contributed by atoms with van der Waals surface area (Å²) in [4.78, 5) is 0. The molecular weight excluding hydrogens is 1890 g/mol. The summed E-state index contributed by atoms with van der Waals surface area (Å²) in [6.45, 7) is 28.9. The van der Waals surface area contributed by atoms with Crippen molar-refractivity contribution in [2.75, 3.05) is 53.7 Å². The fourth-order valence-corrected chi connectivity index (χ4v) is 18.9. The number of methoxy groups -OCH3 is 2. The topological polar surface area (TPSA) is 42.5 Å². The average Bonchev–Trinajstić information content (AvgIpc) is 0.991. The molecule has 2 N–H and O–H groups in total. The van der Waals surface area contributed by atoms with E-state index in [9.17, 15) is 0 Å². The number of rotatable bonds is 22. The molecule has 0 bridgehead atoms. The molecule has 0 amide bonds. The minimum atomic E-state index is 0.0287. The van der Waals surface area contributed by atoms with Gasteiger partial charge in [0.15, 0.2) is 0 Å². The van der Waals surface area contributed by atoms with Crippen molar-refractivity contribution >= 4 is 51.2 Å². The van der Waals surface area contributed by atoms with Crippen LogP contribution < -0.4 is 117 Å². The maximum atomic E-state index is 4.80. The zero-order chi connectivity index (χ0) is 76.7. The van der Waals surface area contributed by atoms with Crippen LogP contribution in [0.25, 0.3) is 0 Å². The van der Waals surface area contributed by atoms with E-state index in [2.05, 4.69) is 333 Å². The van der Waals surface area contributed by atoms with Gasteiger partial charge in [0.1, 0.15) is 0 Å². The third-order valence-corrected chi connectivity index (χ3v) is 28.8. The van der Waals surface area contributed by atoms with Crippen LogP contribution in [0, 0.1) is 35.7 Å². The summed E-state index contributed by atoms with van der Waals surface area (Å²) in [7, 11) is 12.1. The molecule has 10 aromatic rings. The van der Waals surface area contributed by atoms with E-state index in [1.165, 1.54) is 150 Å².